The number of benzene rings is 2. The van der Waals surface area contributed by atoms with Gasteiger partial charge in [-0.15, -0.1) is 0 Å². The molecular formula is C24H24N4O2. The molecule has 2 rings (SSSR count). The fourth-order valence-electron chi connectivity index (χ4n) is 2.75. The number of aryl methyl sites for hydroxylation is 1. The fourth-order valence-corrected chi connectivity index (χ4v) is 2.75. The molecule has 0 saturated heterocycles. The van der Waals surface area contributed by atoms with Gasteiger partial charge in [0.05, 0.1) is 11.4 Å². The molecular weight excluding hydrogens is 376 g/mol. The van der Waals surface area contributed by atoms with Crippen molar-refractivity contribution in [1.29, 1.82) is 0 Å². The molecule has 0 radical (unpaired) electrons. The highest BCUT2D eigenvalue weighted by atomic mass is 16.1. The number of allylic oxidation sites excluding steroid dienone is 2. The Bertz CT molecular complexity index is 1030. The van der Waals surface area contributed by atoms with Crippen LogP contribution in [0.4, 0.5) is 11.4 Å². The van der Waals surface area contributed by atoms with Gasteiger partial charge in [0.1, 0.15) is 11.7 Å². The normalized spacial score (nSPS) is 12.1. The molecule has 6 nitrogen and oxygen atoms in total. The number of nitrogens with zero attached hydrogens (tertiary/aromatic N) is 2. The lowest BCUT2D eigenvalue weighted by molar-refractivity contribution is -0.108. The number of amidine groups is 2. The summed E-state index contributed by atoms with van der Waals surface area (Å²) < 4.78 is 0. The first kappa shape index (κ1) is 22.2. The van der Waals surface area contributed by atoms with Crippen LogP contribution in [0, 0.1) is 6.92 Å². The topological polar surface area (TPSA) is 82.9 Å². The van der Waals surface area contributed by atoms with E-state index in [1.807, 2.05) is 43.3 Å². The molecule has 0 heterocycles. The Morgan fingerprint density at radius 1 is 1.10 bits per heavy atom. The molecule has 0 unspecified atom stereocenters. The van der Waals surface area contributed by atoms with E-state index < -0.39 is 0 Å². The molecule has 0 aromatic heterocycles. The molecule has 1 amide bonds. The summed E-state index contributed by atoms with van der Waals surface area (Å²) in [6.07, 6.45) is 6.10. The number of carbonyl (C=O) groups excluding carboxylic acids is 2. The van der Waals surface area contributed by atoms with Gasteiger partial charge in [-0.3, -0.25) is 14.6 Å². The van der Waals surface area contributed by atoms with Gasteiger partial charge in [-0.25, -0.2) is 4.99 Å². The molecule has 0 saturated carbocycles. The van der Waals surface area contributed by atoms with Gasteiger partial charge >= 0.3 is 0 Å². The molecule has 0 bridgehead atoms. The fraction of sp³-hybridized carbons (Fsp3) is 0.0833. The summed E-state index contributed by atoms with van der Waals surface area (Å²) in [5.41, 5.74) is 3.86. The predicted octanol–water partition coefficient (Wildman–Crippen LogP) is 4.37. The van der Waals surface area contributed by atoms with Crippen LogP contribution in [0.2, 0.25) is 0 Å². The smallest absolute Gasteiger partial charge is 0.212 e. The minimum Gasteiger partial charge on any atom is -0.339 e. The van der Waals surface area contributed by atoms with Gasteiger partial charge in [-0.1, -0.05) is 61.7 Å². The number of anilines is 1. The standard InChI is InChI=1S/C24H24N4O2/c1-5-10-18(6-2)24(26-16-30)27-21-14-20(15-29)22(13-17(21)3)28-23(25-4)19-11-8-7-9-12-19/h5-16H,1-2H2,3-4H3,(H,25,28)(H,26,27,30)/b18-10+. The van der Waals surface area contributed by atoms with Gasteiger partial charge in [-0.2, -0.15) is 0 Å². The first-order valence-corrected chi connectivity index (χ1v) is 9.21. The molecule has 2 aromatic carbocycles. The van der Waals surface area contributed by atoms with Gasteiger partial charge in [0, 0.05) is 23.7 Å². The second-order valence-corrected chi connectivity index (χ2v) is 6.19. The summed E-state index contributed by atoms with van der Waals surface area (Å²) in [4.78, 5) is 31.6. The van der Waals surface area contributed by atoms with Crippen molar-refractivity contribution >= 4 is 35.7 Å². The second-order valence-electron chi connectivity index (χ2n) is 6.19. The van der Waals surface area contributed by atoms with Gasteiger partial charge in [-0.05, 0) is 24.6 Å². The largest absolute Gasteiger partial charge is 0.339 e. The summed E-state index contributed by atoms with van der Waals surface area (Å²) in [7, 11) is 1.68. The number of hydrogen-bond acceptors (Lipinski definition) is 4. The molecule has 0 aliphatic carbocycles. The maximum Gasteiger partial charge on any atom is 0.212 e. The molecule has 0 atom stereocenters. The summed E-state index contributed by atoms with van der Waals surface area (Å²) >= 11 is 0. The zero-order chi connectivity index (χ0) is 21.9. The summed E-state index contributed by atoms with van der Waals surface area (Å²) in [5.74, 6) is 0.946. The van der Waals surface area contributed by atoms with E-state index in [1.54, 1.807) is 31.3 Å². The number of rotatable bonds is 8. The van der Waals surface area contributed by atoms with E-state index in [-0.39, 0.29) is 0 Å². The SMILES string of the molecule is C=C/C=C(\C=C)C(=Nc1cc(C=O)c(NC(=NC)c2ccccc2)cc1C)NC=O. The van der Waals surface area contributed by atoms with Crippen molar-refractivity contribution in [3.63, 3.8) is 0 Å². The van der Waals surface area contributed by atoms with Gasteiger partial charge < -0.3 is 10.6 Å². The quantitative estimate of drug-likeness (QED) is 0.299. The van der Waals surface area contributed by atoms with Crippen molar-refractivity contribution in [2.24, 2.45) is 9.98 Å². The summed E-state index contributed by atoms with van der Waals surface area (Å²) in [6.45, 7) is 9.26. The lowest BCUT2D eigenvalue weighted by atomic mass is 10.1. The molecule has 152 valence electrons. The van der Waals surface area contributed by atoms with Gasteiger partial charge in [0.2, 0.25) is 6.41 Å². The van der Waals surface area contributed by atoms with Crippen LogP contribution in [0.1, 0.15) is 21.5 Å². The Kier molecular flexibility index (Phi) is 8.20. The third-order valence-corrected chi connectivity index (χ3v) is 4.24. The molecule has 6 heteroatoms. The number of aldehydes is 1. The van der Waals surface area contributed by atoms with E-state index in [1.165, 1.54) is 0 Å². The zero-order valence-electron chi connectivity index (χ0n) is 17.1. The van der Waals surface area contributed by atoms with Crippen LogP contribution in [0.5, 0.6) is 0 Å². The number of amides is 1. The van der Waals surface area contributed by atoms with Crippen molar-refractivity contribution in [2.75, 3.05) is 12.4 Å². The Morgan fingerprint density at radius 2 is 1.83 bits per heavy atom. The van der Waals surface area contributed by atoms with Gasteiger partial charge in [0.15, 0.2) is 6.29 Å². The number of carbonyl (C=O) groups is 2. The highest BCUT2D eigenvalue weighted by Gasteiger charge is 2.12. The van der Waals surface area contributed by atoms with Crippen LogP contribution in [0.3, 0.4) is 0 Å². The second kappa shape index (κ2) is 11.1. The maximum absolute atomic E-state index is 11.8. The molecule has 2 aromatic rings. The Labute approximate surface area is 176 Å². The Hall–Kier alpha value is -4.06. The van der Waals surface area contributed by atoms with Crippen molar-refractivity contribution in [3.05, 3.63) is 96.1 Å². The molecule has 0 fully saturated rings. The highest BCUT2D eigenvalue weighted by molar-refractivity contribution is 6.10. The van der Waals surface area contributed by atoms with E-state index in [0.29, 0.717) is 40.6 Å². The third-order valence-electron chi connectivity index (χ3n) is 4.24. The van der Waals surface area contributed by atoms with Crippen LogP contribution < -0.4 is 10.6 Å². The van der Waals surface area contributed by atoms with Crippen LogP contribution in [-0.2, 0) is 4.79 Å². The predicted molar refractivity (Wildman–Crippen MR) is 124 cm³/mol. The average molecular weight is 400 g/mol. The molecule has 0 spiro atoms. The summed E-state index contributed by atoms with van der Waals surface area (Å²) in [6, 6.07) is 13.1. The Balaban J connectivity index is 2.50. The molecule has 0 aliphatic rings. The van der Waals surface area contributed by atoms with Gasteiger partial charge in [0.25, 0.3) is 0 Å². The molecule has 30 heavy (non-hydrogen) atoms. The van der Waals surface area contributed by atoms with E-state index in [0.717, 1.165) is 17.4 Å². The maximum atomic E-state index is 11.8. The average Bonchev–Trinajstić information content (AvgIpc) is 2.77. The van der Waals surface area contributed by atoms with E-state index in [2.05, 4.69) is 33.8 Å². The number of aliphatic imine (C=N–C) groups is 2. The van der Waals surface area contributed by atoms with E-state index >= 15 is 0 Å². The van der Waals surface area contributed by atoms with Crippen LogP contribution in [0.15, 0.2) is 89.4 Å². The lowest BCUT2D eigenvalue weighted by Crippen LogP contribution is -2.22. The summed E-state index contributed by atoms with van der Waals surface area (Å²) in [5, 5.41) is 5.79. The minimum atomic E-state index is 0.306. The zero-order valence-corrected chi connectivity index (χ0v) is 17.1. The van der Waals surface area contributed by atoms with Crippen molar-refractivity contribution < 1.29 is 9.59 Å². The lowest BCUT2D eigenvalue weighted by Gasteiger charge is -2.14. The van der Waals surface area contributed by atoms with Crippen molar-refractivity contribution in [1.82, 2.24) is 5.32 Å². The van der Waals surface area contributed by atoms with E-state index in [9.17, 15) is 9.59 Å². The van der Waals surface area contributed by atoms with Crippen LogP contribution >= 0.6 is 0 Å². The number of hydrogen-bond donors (Lipinski definition) is 2. The van der Waals surface area contributed by atoms with Crippen molar-refractivity contribution in [3.8, 4) is 0 Å². The van der Waals surface area contributed by atoms with Crippen LogP contribution in [0.25, 0.3) is 0 Å². The minimum absolute atomic E-state index is 0.306. The molecule has 2 N–H and O–H groups in total. The number of nitrogens with one attached hydrogen (secondary N) is 2. The highest BCUT2D eigenvalue weighted by Crippen LogP contribution is 2.27. The third kappa shape index (κ3) is 5.48. The van der Waals surface area contributed by atoms with Crippen molar-refractivity contribution in [2.45, 2.75) is 6.92 Å². The first-order chi connectivity index (χ1) is 14.6. The van der Waals surface area contributed by atoms with E-state index in [4.69, 9.17) is 0 Å². The van der Waals surface area contributed by atoms with Crippen LogP contribution in [-0.4, -0.2) is 31.4 Å². The Morgan fingerprint density at radius 3 is 2.40 bits per heavy atom. The molecule has 0 aliphatic heterocycles. The first-order valence-electron chi connectivity index (χ1n) is 9.21. The monoisotopic (exact) mass is 400 g/mol.